The number of anilines is 1. The van der Waals surface area contributed by atoms with Crippen molar-refractivity contribution in [2.24, 2.45) is 16.8 Å². The van der Waals surface area contributed by atoms with E-state index >= 15 is 0 Å². The highest BCUT2D eigenvalue weighted by atomic mass is 127. The van der Waals surface area contributed by atoms with Gasteiger partial charge in [-0.3, -0.25) is 14.6 Å². The Morgan fingerprint density at radius 2 is 1.81 bits per heavy atom. The first kappa shape index (κ1) is 24.8. The van der Waals surface area contributed by atoms with E-state index < -0.39 is 0 Å². The summed E-state index contributed by atoms with van der Waals surface area (Å²) in [5.41, 5.74) is 1.93. The van der Waals surface area contributed by atoms with E-state index in [0.717, 1.165) is 68.8 Å². The van der Waals surface area contributed by atoms with Crippen molar-refractivity contribution in [1.82, 2.24) is 15.5 Å². The zero-order valence-electron chi connectivity index (χ0n) is 18.9. The molecule has 0 bridgehead atoms. The van der Waals surface area contributed by atoms with Gasteiger partial charge in [0.05, 0.1) is 0 Å². The molecule has 2 amide bonds. The van der Waals surface area contributed by atoms with Gasteiger partial charge in [-0.25, -0.2) is 0 Å². The summed E-state index contributed by atoms with van der Waals surface area (Å²) < 4.78 is 0. The largest absolute Gasteiger partial charge is 0.352 e. The molecule has 0 aromatic heterocycles. The predicted molar refractivity (Wildman–Crippen MR) is 138 cm³/mol. The minimum Gasteiger partial charge on any atom is -0.352 e. The fourth-order valence-electron chi connectivity index (χ4n) is 4.76. The summed E-state index contributed by atoms with van der Waals surface area (Å²) >= 11 is 0. The normalized spacial score (nSPS) is 21.6. The van der Waals surface area contributed by atoms with Gasteiger partial charge in [0.15, 0.2) is 5.96 Å². The van der Waals surface area contributed by atoms with Crippen molar-refractivity contribution in [3.63, 3.8) is 0 Å². The summed E-state index contributed by atoms with van der Waals surface area (Å²) in [6, 6.07) is 8.17. The van der Waals surface area contributed by atoms with E-state index in [1.165, 1.54) is 12.8 Å². The van der Waals surface area contributed by atoms with Gasteiger partial charge in [0.25, 0.3) is 0 Å². The molecule has 32 heavy (non-hydrogen) atoms. The average Bonchev–Trinajstić information content (AvgIpc) is 3.42. The number of nitrogens with one attached hydrogen (secondary N) is 3. The monoisotopic (exact) mass is 553 g/mol. The van der Waals surface area contributed by atoms with Crippen LogP contribution in [-0.4, -0.2) is 48.9 Å². The van der Waals surface area contributed by atoms with Crippen LogP contribution in [0.25, 0.3) is 0 Å². The number of rotatable bonds is 6. The second-order valence-electron chi connectivity index (χ2n) is 9.14. The van der Waals surface area contributed by atoms with Gasteiger partial charge in [-0.05, 0) is 49.8 Å². The fourth-order valence-corrected chi connectivity index (χ4v) is 4.76. The molecule has 4 rings (SSSR count). The molecule has 3 aliphatic rings. The molecule has 8 heteroatoms. The molecule has 0 spiro atoms. The van der Waals surface area contributed by atoms with Gasteiger partial charge in [-0.15, -0.1) is 24.0 Å². The Labute approximate surface area is 208 Å². The molecular formula is C24H36IN5O2. The lowest BCUT2D eigenvalue weighted by molar-refractivity contribution is -0.134. The molecule has 1 heterocycles. The number of hydrogen-bond acceptors (Lipinski definition) is 3. The van der Waals surface area contributed by atoms with Gasteiger partial charge in [-0.2, -0.15) is 0 Å². The molecule has 1 atom stereocenters. The summed E-state index contributed by atoms with van der Waals surface area (Å²) in [5.74, 6) is 1.63. The molecule has 1 aliphatic heterocycles. The number of amides is 2. The van der Waals surface area contributed by atoms with Crippen LogP contribution in [0.5, 0.6) is 0 Å². The topological polar surface area (TPSA) is 85.8 Å². The van der Waals surface area contributed by atoms with E-state index in [1.54, 1.807) is 7.05 Å². The van der Waals surface area contributed by atoms with Gasteiger partial charge in [0, 0.05) is 50.2 Å². The van der Waals surface area contributed by atoms with Gasteiger partial charge >= 0.3 is 0 Å². The third kappa shape index (κ3) is 6.36. The summed E-state index contributed by atoms with van der Waals surface area (Å²) in [7, 11) is 1.76. The lowest BCUT2D eigenvalue weighted by atomic mass is 9.85. The standard InChI is InChI=1S/C24H35N5O2.HI/c1-25-24(28-21-12-13-29(16-21)23(31)19-7-2-3-8-19)26-15-17-6-4-11-20(14-17)27-22(30)18-9-5-10-18;/h4,6,11,14,18-19,21H,2-3,5,7-10,12-13,15-16H2,1H3,(H,27,30)(H2,25,26,28);1H. The van der Waals surface area contributed by atoms with Crippen molar-refractivity contribution in [1.29, 1.82) is 0 Å². The molecule has 7 nitrogen and oxygen atoms in total. The quantitative estimate of drug-likeness (QED) is 0.286. The van der Waals surface area contributed by atoms with Crippen molar-refractivity contribution in [3.05, 3.63) is 29.8 Å². The van der Waals surface area contributed by atoms with E-state index in [0.29, 0.717) is 12.5 Å². The molecule has 1 aromatic carbocycles. The van der Waals surface area contributed by atoms with Crippen LogP contribution in [0.2, 0.25) is 0 Å². The summed E-state index contributed by atoms with van der Waals surface area (Å²) in [6.07, 6.45) is 8.58. The second-order valence-corrected chi connectivity index (χ2v) is 9.14. The number of halogens is 1. The molecule has 2 aliphatic carbocycles. The first-order valence-electron chi connectivity index (χ1n) is 11.8. The lowest BCUT2D eigenvalue weighted by Crippen LogP contribution is -2.45. The Bertz CT molecular complexity index is 820. The molecule has 3 N–H and O–H groups in total. The molecule has 1 saturated heterocycles. The minimum atomic E-state index is 0. The van der Waals surface area contributed by atoms with Crippen LogP contribution in [0.4, 0.5) is 5.69 Å². The Morgan fingerprint density at radius 1 is 1.06 bits per heavy atom. The molecular weight excluding hydrogens is 517 g/mol. The van der Waals surface area contributed by atoms with Crippen LogP contribution >= 0.6 is 24.0 Å². The highest BCUT2D eigenvalue weighted by molar-refractivity contribution is 14.0. The highest BCUT2D eigenvalue weighted by Crippen LogP contribution is 2.28. The van der Waals surface area contributed by atoms with Crippen molar-refractivity contribution in [3.8, 4) is 0 Å². The van der Waals surface area contributed by atoms with Crippen molar-refractivity contribution < 1.29 is 9.59 Å². The van der Waals surface area contributed by atoms with Gasteiger partial charge in [0.1, 0.15) is 0 Å². The lowest BCUT2D eigenvalue weighted by Gasteiger charge is -2.24. The Morgan fingerprint density at radius 3 is 2.50 bits per heavy atom. The van der Waals surface area contributed by atoms with Crippen LogP contribution < -0.4 is 16.0 Å². The zero-order chi connectivity index (χ0) is 21.6. The number of nitrogens with zero attached hydrogens (tertiary/aromatic N) is 2. The molecule has 2 saturated carbocycles. The molecule has 176 valence electrons. The maximum Gasteiger partial charge on any atom is 0.227 e. The third-order valence-corrected chi connectivity index (χ3v) is 6.90. The number of benzene rings is 1. The van der Waals surface area contributed by atoms with Crippen LogP contribution in [0.3, 0.4) is 0 Å². The third-order valence-electron chi connectivity index (χ3n) is 6.90. The zero-order valence-corrected chi connectivity index (χ0v) is 21.3. The molecule has 0 radical (unpaired) electrons. The second kappa shape index (κ2) is 11.9. The Kier molecular flexibility index (Phi) is 9.19. The van der Waals surface area contributed by atoms with Crippen molar-refractivity contribution in [2.75, 3.05) is 25.5 Å². The molecule has 1 unspecified atom stereocenters. The maximum atomic E-state index is 12.7. The highest BCUT2D eigenvalue weighted by Gasteiger charge is 2.32. The number of guanidine groups is 1. The van der Waals surface area contributed by atoms with Gasteiger partial charge in [0.2, 0.25) is 11.8 Å². The number of aliphatic imine (C=N–C) groups is 1. The van der Waals surface area contributed by atoms with E-state index in [9.17, 15) is 9.59 Å². The maximum absolute atomic E-state index is 12.7. The Balaban J connectivity index is 0.00000289. The van der Waals surface area contributed by atoms with Crippen LogP contribution in [0.1, 0.15) is 56.9 Å². The van der Waals surface area contributed by atoms with Crippen LogP contribution in [0, 0.1) is 11.8 Å². The van der Waals surface area contributed by atoms with Crippen LogP contribution in [-0.2, 0) is 16.1 Å². The van der Waals surface area contributed by atoms with Crippen LogP contribution in [0.15, 0.2) is 29.3 Å². The number of hydrogen-bond donors (Lipinski definition) is 3. The van der Waals surface area contributed by atoms with Crippen molar-refractivity contribution in [2.45, 2.75) is 64.0 Å². The minimum absolute atomic E-state index is 0. The first-order valence-corrected chi connectivity index (χ1v) is 11.8. The van der Waals surface area contributed by atoms with E-state index in [4.69, 9.17) is 0 Å². The summed E-state index contributed by atoms with van der Waals surface area (Å²) in [6.45, 7) is 2.19. The SMILES string of the molecule is CN=C(NCc1cccc(NC(=O)C2CCC2)c1)NC1CCN(C(=O)C2CCCC2)C1.I. The van der Waals surface area contributed by atoms with E-state index in [1.807, 2.05) is 29.2 Å². The summed E-state index contributed by atoms with van der Waals surface area (Å²) in [5, 5.41) is 9.86. The average molecular weight is 553 g/mol. The van der Waals surface area contributed by atoms with Gasteiger partial charge in [-0.1, -0.05) is 31.4 Å². The smallest absolute Gasteiger partial charge is 0.227 e. The summed E-state index contributed by atoms with van der Waals surface area (Å²) in [4.78, 5) is 31.2. The van der Waals surface area contributed by atoms with E-state index in [2.05, 4.69) is 20.9 Å². The molecule has 1 aromatic rings. The number of carbonyl (C=O) groups is 2. The predicted octanol–water partition coefficient (Wildman–Crippen LogP) is 3.50. The van der Waals surface area contributed by atoms with Crippen molar-refractivity contribution >= 4 is 47.4 Å². The number of carbonyl (C=O) groups excluding carboxylic acids is 2. The first-order chi connectivity index (χ1) is 15.1. The van der Waals surface area contributed by atoms with Gasteiger partial charge < -0.3 is 20.9 Å². The Hall–Kier alpha value is -1.84. The fraction of sp³-hybridized carbons (Fsp3) is 0.625. The molecule has 3 fully saturated rings. The number of likely N-dealkylation sites (tertiary alicyclic amines) is 1. The van der Waals surface area contributed by atoms with E-state index in [-0.39, 0.29) is 47.8 Å².